The quantitative estimate of drug-likeness (QED) is 0.821. The third-order valence-corrected chi connectivity index (χ3v) is 6.01. The van der Waals surface area contributed by atoms with Gasteiger partial charge in [-0.2, -0.15) is 0 Å². The summed E-state index contributed by atoms with van der Waals surface area (Å²) >= 11 is 0. The average Bonchev–Trinajstić information content (AvgIpc) is 2.58. The summed E-state index contributed by atoms with van der Waals surface area (Å²) in [4.78, 5) is 26.7. The lowest BCUT2D eigenvalue weighted by molar-refractivity contribution is -0.148. The fourth-order valence-electron chi connectivity index (χ4n) is 4.79. The molecule has 154 valence electrons. The van der Waals surface area contributed by atoms with Gasteiger partial charge in [-0.25, -0.2) is 0 Å². The Kier molecular flexibility index (Phi) is 5.11. The topological polar surface area (TPSA) is 61.4 Å². The van der Waals surface area contributed by atoms with E-state index in [1.807, 2.05) is 32.9 Å². The first-order valence-electron chi connectivity index (χ1n) is 10.5. The lowest BCUT2D eigenvalue weighted by Gasteiger charge is -2.58. The van der Waals surface area contributed by atoms with Crippen molar-refractivity contribution in [2.24, 2.45) is 11.3 Å². The maximum Gasteiger partial charge on any atom is 0.234 e. The number of hydrogen-bond acceptors (Lipinski definition) is 3. The molecule has 1 saturated carbocycles. The molecule has 4 rings (SSSR count). The number of likely N-dealkylation sites (tertiary alicyclic amines) is 1. The summed E-state index contributed by atoms with van der Waals surface area (Å²) in [5.74, 6) is 0.352. The minimum atomic E-state index is -0.190. The van der Waals surface area contributed by atoms with E-state index < -0.39 is 0 Å². The summed E-state index contributed by atoms with van der Waals surface area (Å²) in [6.45, 7) is 8.88. The first-order valence-corrected chi connectivity index (χ1v) is 10.5. The summed E-state index contributed by atoms with van der Waals surface area (Å²) in [5, 5.41) is 8.53. The fourth-order valence-corrected chi connectivity index (χ4v) is 4.79. The van der Waals surface area contributed by atoms with E-state index in [9.17, 15) is 9.59 Å². The molecule has 1 saturated heterocycles. The highest BCUT2D eigenvalue weighted by Crippen LogP contribution is 2.51. The van der Waals surface area contributed by atoms with Gasteiger partial charge in [0.15, 0.2) is 0 Å². The van der Waals surface area contributed by atoms with Crippen molar-refractivity contribution < 1.29 is 9.59 Å². The van der Waals surface area contributed by atoms with Gasteiger partial charge in [-0.15, -0.1) is 0 Å². The van der Waals surface area contributed by atoms with Crippen LogP contribution >= 0.6 is 0 Å². The molecule has 1 heterocycles. The van der Waals surface area contributed by atoms with Crippen LogP contribution in [0.15, 0.2) is 42.5 Å². The fraction of sp³-hybridized carbons (Fsp3) is 0.500. The third-order valence-electron chi connectivity index (χ3n) is 6.01. The zero-order chi connectivity index (χ0) is 20.6. The number of rotatable bonds is 5. The molecule has 0 aromatic heterocycles. The van der Waals surface area contributed by atoms with Gasteiger partial charge < -0.3 is 10.6 Å². The average molecular weight is 394 g/mol. The third kappa shape index (κ3) is 4.61. The number of benzene rings is 2. The first kappa shape index (κ1) is 19.9. The number of amides is 2. The van der Waals surface area contributed by atoms with Crippen molar-refractivity contribution in [1.82, 2.24) is 15.5 Å². The molecule has 1 aliphatic carbocycles. The Bertz CT molecular complexity index is 917. The second-order valence-corrected chi connectivity index (χ2v) is 9.95. The maximum absolute atomic E-state index is 12.5. The van der Waals surface area contributed by atoms with E-state index in [1.165, 1.54) is 10.8 Å². The summed E-state index contributed by atoms with van der Waals surface area (Å²) < 4.78 is 0. The monoisotopic (exact) mass is 393 g/mol. The first-order chi connectivity index (χ1) is 13.7. The Morgan fingerprint density at radius 1 is 1.07 bits per heavy atom. The van der Waals surface area contributed by atoms with Crippen molar-refractivity contribution >= 4 is 22.6 Å². The van der Waals surface area contributed by atoms with Gasteiger partial charge in [-0.3, -0.25) is 14.5 Å². The number of hydrogen-bond donors (Lipinski definition) is 2. The van der Waals surface area contributed by atoms with E-state index in [-0.39, 0.29) is 28.7 Å². The largest absolute Gasteiger partial charge is 0.352 e. The van der Waals surface area contributed by atoms with Crippen LogP contribution in [-0.4, -0.2) is 41.9 Å². The van der Waals surface area contributed by atoms with Gasteiger partial charge in [0.05, 0.1) is 6.54 Å². The van der Waals surface area contributed by atoms with Gasteiger partial charge in [-0.1, -0.05) is 36.4 Å². The molecule has 29 heavy (non-hydrogen) atoms. The van der Waals surface area contributed by atoms with Crippen molar-refractivity contribution in [2.75, 3.05) is 19.6 Å². The van der Waals surface area contributed by atoms with Gasteiger partial charge in [0.2, 0.25) is 11.8 Å². The lowest BCUT2D eigenvalue weighted by atomic mass is 9.57. The van der Waals surface area contributed by atoms with E-state index in [0.29, 0.717) is 13.1 Å². The molecule has 5 nitrogen and oxygen atoms in total. The molecule has 2 fully saturated rings. The molecule has 1 spiro atoms. The maximum atomic E-state index is 12.5. The number of carbonyl (C=O) groups is 2. The number of nitrogens with zero attached hydrogens (tertiary/aromatic N) is 1. The van der Waals surface area contributed by atoms with Crippen molar-refractivity contribution in [2.45, 2.75) is 45.7 Å². The molecule has 1 aliphatic heterocycles. The predicted octanol–water partition coefficient (Wildman–Crippen LogP) is 3.08. The Balaban J connectivity index is 1.19. The molecule has 2 amide bonds. The van der Waals surface area contributed by atoms with Crippen LogP contribution in [-0.2, 0) is 16.1 Å². The normalized spacial score (nSPS) is 18.9. The molecule has 2 aliphatic rings. The minimum Gasteiger partial charge on any atom is -0.352 e. The van der Waals surface area contributed by atoms with E-state index >= 15 is 0 Å². The molecule has 0 radical (unpaired) electrons. The zero-order valence-corrected chi connectivity index (χ0v) is 17.6. The van der Waals surface area contributed by atoms with Crippen LogP contribution < -0.4 is 10.6 Å². The summed E-state index contributed by atoms with van der Waals surface area (Å²) in [5.41, 5.74) is 1.20. The Hall–Kier alpha value is -2.40. The van der Waals surface area contributed by atoms with E-state index in [0.717, 1.165) is 31.5 Å². The molecule has 5 heteroatoms. The highest BCUT2D eigenvalue weighted by atomic mass is 16.2. The molecule has 0 atom stereocenters. The molecule has 2 aromatic carbocycles. The standard InChI is InChI=1S/C24H31N3O2/c1-23(2,3)26-21(28)14-27-15-24(16-27)11-20(12-24)22(29)25-13-17-8-9-18-6-4-5-7-19(18)10-17/h4-10,20H,11-16H2,1-3H3,(H,25,29)(H,26,28). The predicted molar refractivity (Wildman–Crippen MR) is 115 cm³/mol. The minimum absolute atomic E-state index is 0.0800. The number of fused-ring (bicyclic) bond motifs is 1. The van der Waals surface area contributed by atoms with Crippen LogP contribution in [0.5, 0.6) is 0 Å². The van der Waals surface area contributed by atoms with Gasteiger partial charge in [0.1, 0.15) is 0 Å². The van der Waals surface area contributed by atoms with Gasteiger partial charge in [0.25, 0.3) is 0 Å². The van der Waals surface area contributed by atoms with Crippen LogP contribution in [0.4, 0.5) is 0 Å². The second kappa shape index (κ2) is 7.45. The van der Waals surface area contributed by atoms with E-state index in [4.69, 9.17) is 0 Å². The zero-order valence-electron chi connectivity index (χ0n) is 17.6. The van der Waals surface area contributed by atoms with Crippen molar-refractivity contribution in [3.63, 3.8) is 0 Å². The van der Waals surface area contributed by atoms with Crippen LogP contribution in [0.25, 0.3) is 10.8 Å². The Labute approximate surface area is 172 Å². The number of carbonyl (C=O) groups excluding carboxylic acids is 2. The Morgan fingerprint density at radius 3 is 2.45 bits per heavy atom. The smallest absolute Gasteiger partial charge is 0.234 e. The molecule has 2 aromatic rings. The molecular weight excluding hydrogens is 362 g/mol. The molecule has 2 N–H and O–H groups in total. The lowest BCUT2D eigenvalue weighted by Crippen LogP contribution is -2.65. The van der Waals surface area contributed by atoms with Crippen LogP contribution in [0.2, 0.25) is 0 Å². The molecule has 0 unspecified atom stereocenters. The molecule has 0 bridgehead atoms. The summed E-state index contributed by atoms with van der Waals surface area (Å²) in [7, 11) is 0. The summed E-state index contributed by atoms with van der Waals surface area (Å²) in [6.07, 6.45) is 1.88. The van der Waals surface area contributed by atoms with Crippen molar-refractivity contribution in [1.29, 1.82) is 0 Å². The highest BCUT2D eigenvalue weighted by molar-refractivity contribution is 5.83. The van der Waals surface area contributed by atoms with E-state index in [2.05, 4.69) is 45.9 Å². The van der Waals surface area contributed by atoms with Crippen LogP contribution in [0.3, 0.4) is 0 Å². The van der Waals surface area contributed by atoms with Gasteiger partial charge >= 0.3 is 0 Å². The van der Waals surface area contributed by atoms with Crippen LogP contribution in [0, 0.1) is 11.3 Å². The highest BCUT2D eigenvalue weighted by Gasteiger charge is 2.54. The molecular formula is C24H31N3O2. The Morgan fingerprint density at radius 2 is 1.76 bits per heavy atom. The van der Waals surface area contributed by atoms with Crippen molar-refractivity contribution in [3.05, 3.63) is 48.0 Å². The van der Waals surface area contributed by atoms with Crippen molar-refractivity contribution in [3.8, 4) is 0 Å². The summed E-state index contributed by atoms with van der Waals surface area (Å²) in [6, 6.07) is 14.6. The van der Waals surface area contributed by atoms with Gasteiger partial charge in [-0.05, 0) is 61.4 Å². The SMILES string of the molecule is CC(C)(C)NC(=O)CN1CC2(CC(C(=O)NCc3ccc4ccccc4c3)C2)C1. The van der Waals surface area contributed by atoms with Gasteiger partial charge in [0, 0.05) is 31.1 Å². The van der Waals surface area contributed by atoms with E-state index in [1.54, 1.807) is 0 Å². The second-order valence-electron chi connectivity index (χ2n) is 9.95. The van der Waals surface area contributed by atoms with Crippen LogP contribution in [0.1, 0.15) is 39.2 Å². The number of nitrogens with one attached hydrogen (secondary N) is 2.